The summed E-state index contributed by atoms with van der Waals surface area (Å²) in [5.41, 5.74) is -0.403. The molecule has 1 aromatic carbocycles. The van der Waals surface area contributed by atoms with E-state index in [1.807, 2.05) is 0 Å². The van der Waals surface area contributed by atoms with Gasteiger partial charge in [0.15, 0.2) is 6.61 Å². The number of amides is 2. The maximum atomic E-state index is 12.2. The zero-order valence-electron chi connectivity index (χ0n) is 15.1. The van der Waals surface area contributed by atoms with Crippen LogP contribution in [-0.4, -0.2) is 46.8 Å². The summed E-state index contributed by atoms with van der Waals surface area (Å²) in [6.45, 7) is -0.291. The molecule has 1 aromatic rings. The number of hydrogen-bond acceptors (Lipinski definition) is 6. The summed E-state index contributed by atoms with van der Waals surface area (Å²) in [6, 6.07) is 3.94. The Kier molecular flexibility index (Phi) is 6.13. The molecule has 1 atom stereocenters. The number of ether oxygens (including phenoxy) is 1. The summed E-state index contributed by atoms with van der Waals surface area (Å²) in [5, 5.41) is 13.6. The van der Waals surface area contributed by atoms with E-state index in [-0.39, 0.29) is 34.8 Å². The van der Waals surface area contributed by atoms with Crippen LogP contribution in [0.2, 0.25) is 5.02 Å². The quantitative estimate of drug-likeness (QED) is 0.438. The van der Waals surface area contributed by atoms with Gasteiger partial charge in [0.25, 0.3) is 11.6 Å². The molecule has 0 spiro atoms. The van der Waals surface area contributed by atoms with Crippen LogP contribution in [0.25, 0.3) is 0 Å². The van der Waals surface area contributed by atoms with Crippen LogP contribution in [0, 0.1) is 16.0 Å². The van der Waals surface area contributed by atoms with E-state index in [9.17, 15) is 24.5 Å². The van der Waals surface area contributed by atoms with E-state index >= 15 is 0 Å². The molecule has 3 rings (SSSR count). The second-order valence-electron chi connectivity index (χ2n) is 6.96. The van der Waals surface area contributed by atoms with Crippen LogP contribution in [0.15, 0.2) is 18.2 Å². The standard InChI is InChI=1S/C18H20ClN3O6/c19-12-5-6-15(22(26)27)14(8-12)20-16(23)10-28-18(25)11-7-17(24)21(9-11)13-3-1-2-4-13/h5-6,8,11,13H,1-4,7,9-10H2,(H,20,23)/t11-/m1/s1. The molecule has 10 heteroatoms. The van der Waals surface area contributed by atoms with Crippen LogP contribution in [0.1, 0.15) is 32.1 Å². The van der Waals surface area contributed by atoms with Gasteiger partial charge < -0.3 is 15.0 Å². The molecule has 0 bridgehead atoms. The number of benzene rings is 1. The molecule has 2 amide bonds. The summed E-state index contributed by atoms with van der Waals surface area (Å²) in [5.74, 6) is -2.01. The third kappa shape index (κ3) is 4.59. The molecule has 2 fully saturated rings. The number of rotatable bonds is 6. The van der Waals surface area contributed by atoms with Crippen molar-refractivity contribution in [2.75, 3.05) is 18.5 Å². The van der Waals surface area contributed by atoms with Crippen LogP contribution in [0.5, 0.6) is 0 Å². The zero-order valence-corrected chi connectivity index (χ0v) is 15.8. The first-order valence-corrected chi connectivity index (χ1v) is 9.43. The molecule has 0 aromatic heterocycles. The van der Waals surface area contributed by atoms with Crippen molar-refractivity contribution in [2.24, 2.45) is 5.92 Å². The highest BCUT2D eigenvalue weighted by Crippen LogP contribution is 2.30. The molecular weight excluding hydrogens is 390 g/mol. The van der Waals surface area contributed by atoms with Gasteiger partial charge in [0.1, 0.15) is 5.69 Å². The maximum Gasteiger partial charge on any atom is 0.311 e. The predicted octanol–water partition coefficient (Wildman–Crippen LogP) is 2.52. The molecule has 150 valence electrons. The van der Waals surface area contributed by atoms with E-state index < -0.39 is 29.3 Å². The molecule has 2 aliphatic rings. The van der Waals surface area contributed by atoms with E-state index in [0.29, 0.717) is 6.54 Å². The fraction of sp³-hybridized carbons (Fsp3) is 0.500. The van der Waals surface area contributed by atoms with Crippen LogP contribution in [-0.2, 0) is 19.1 Å². The lowest BCUT2D eigenvalue weighted by molar-refractivity contribution is -0.383. The first-order valence-electron chi connectivity index (χ1n) is 9.05. The van der Waals surface area contributed by atoms with Crippen LogP contribution in [0.4, 0.5) is 11.4 Å². The predicted molar refractivity (Wildman–Crippen MR) is 99.8 cm³/mol. The summed E-state index contributed by atoms with van der Waals surface area (Å²) < 4.78 is 5.02. The van der Waals surface area contributed by atoms with Crippen LogP contribution < -0.4 is 5.32 Å². The molecule has 1 aliphatic carbocycles. The van der Waals surface area contributed by atoms with Gasteiger partial charge in [0.2, 0.25) is 5.91 Å². The summed E-state index contributed by atoms with van der Waals surface area (Å²) in [4.78, 5) is 48.5. The number of nitro benzene ring substituents is 1. The third-order valence-corrected chi connectivity index (χ3v) is 5.27. The molecule has 1 saturated heterocycles. The minimum atomic E-state index is -0.726. The molecule has 1 N–H and O–H groups in total. The lowest BCUT2D eigenvalue weighted by Gasteiger charge is -2.23. The Bertz CT molecular complexity index is 809. The molecule has 28 heavy (non-hydrogen) atoms. The highest BCUT2D eigenvalue weighted by molar-refractivity contribution is 6.31. The van der Waals surface area contributed by atoms with Crippen molar-refractivity contribution < 1.29 is 24.0 Å². The Balaban J connectivity index is 1.52. The summed E-state index contributed by atoms with van der Waals surface area (Å²) >= 11 is 5.80. The first kappa shape index (κ1) is 20.1. The number of halogens is 1. The molecular formula is C18H20ClN3O6. The SMILES string of the molecule is O=C(COC(=O)[C@@H]1CC(=O)N(C2CCCC2)C1)Nc1cc(Cl)ccc1[N+](=O)[O-]. The van der Waals surface area contributed by atoms with Crippen LogP contribution in [0.3, 0.4) is 0 Å². The molecule has 0 radical (unpaired) electrons. The molecule has 0 unspecified atom stereocenters. The van der Waals surface area contributed by atoms with Crippen LogP contribution >= 0.6 is 11.6 Å². The summed E-state index contributed by atoms with van der Waals surface area (Å²) in [7, 11) is 0. The lowest BCUT2D eigenvalue weighted by Crippen LogP contribution is -2.35. The second-order valence-corrected chi connectivity index (χ2v) is 7.40. The van der Waals surface area contributed by atoms with Gasteiger partial charge in [-0.3, -0.25) is 24.5 Å². The molecule has 9 nitrogen and oxygen atoms in total. The number of nitrogens with one attached hydrogen (secondary N) is 1. The topological polar surface area (TPSA) is 119 Å². The van der Waals surface area contributed by atoms with E-state index in [1.165, 1.54) is 18.2 Å². The maximum absolute atomic E-state index is 12.2. The minimum absolute atomic E-state index is 0.0622. The van der Waals surface area contributed by atoms with Crippen molar-refractivity contribution in [1.29, 1.82) is 0 Å². The monoisotopic (exact) mass is 409 g/mol. The van der Waals surface area contributed by atoms with Crippen molar-refractivity contribution in [2.45, 2.75) is 38.1 Å². The number of anilines is 1. The fourth-order valence-electron chi connectivity index (χ4n) is 3.67. The average molecular weight is 410 g/mol. The highest BCUT2D eigenvalue weighted by Gasteiger charge is 2.39. The van der Waals surface area contributed by atoms with Crippen molar-refractivity contribution >= 4 is 40.8 Å². The van der Waals surface area contributed by atoms with E-state index in [0.717, 1.165) is 25.7 Å². The Labute approximate surface area is 166 Å². The number of carbonyl (C=O) groups excluding carboxylic acids is 3. The smallest absolute Gasteiger partial charge is 0.311 e. The van der Waals surface area contributed by atoms with Gasteiger partial charge in [-0.05, 0) is 25.0 Å². The third-order valence-electron chi connectivity index (χ3n) is 5.03. The minimum Gasteiger partial charge on any atom is -0.455 e. The van der Waals surface area contributed by atoms with Crippen molar-refractivity contribution in [3.63, 3.8) is 0 Å². The van der Waals surface area contributed by atoms with Gasteiger partial charge >= 0.3 is 5.97 Å². The number of likely N-dealkylation sites (tertiary alicyclic amines) is 1. The molecule has 1 aliphatic heterocycles. The Hall–Kier alpha value is -2.68. The molecule has 1 saturated carbocycles. The summed E-state index contributed by atoms with van der Waals surface area (Å²) in [6.07, 6.45) is 4.15. The van der Waals surface area contributed by atoms with Gasteiger partial charge in [-0.1, -0.05) is 24.4 Å². The number of nitro groups is 1. The van der Waals surface area contributed by atoms with Gasteiger partial charge in [-0.15, -0.1) is 0 Å². The zero-order chi connectivity index (χ0) is 20.3. The van der Waals surface area contributed by atoms with Crippen molar-refractivity contribution in [3.05, 3.63) is 33.3 Å². The average Bonchev–Trinajstić information content (AvgIpc) is 3.28. The number of nitrogens with zero attached hydrogens (tertiary/aromatic N) is 2. The van der Waals surface area contributed by atoms with Gasteiger partial charge in [0, 0.05) is 30.1 Å². The number of hydrogen-bond donors (Lipinski definition) is 1. The van der Waals surface area contributed by atoms with E-state index in [1.54, 1.807) is 4.90 Å². The fourth-order valence-corrected chi connectivity index (χ4v) is 3.84. The number of esters is 1. The largest absolute Gasteiger partial charge is 0.455 e. The van der Waals surface area contributed by atoms with Gasteiger partial charge in [-0.2, -0.15) is 0 Å². The Morgan fingerprint density at radius 2 is 2.04 bits per heavy atom. The van der Waals surface area contributed by atoms with E-state index in [4.69, 9.17) is 16.3 Å². The normalized spacial score (nSPS) is 19.7. The van der Waals surface area contributed by atoms with Gasteiger partial charge in [0.05, 0.1) is 10.8 Å². The molecule has 1 heterocycles. The highest BCUT2D eigenvalue weighted by atomic mass is 35.5. The van der Waals surface area contributed by atoms with Crippen molar-refractivity contribution in [3.8, 4) is 0 Å². The Morgan fingerprint density at radius 3 is 2.71 bits per heavy atom. The lowest BCUT2D eigenvalue weighted by atomic mass is 10.1. The Morgan fingerprint density at radius 1 is 1.32 bits per heavy atom. The first-order chi connectivity index (χ1) is 13.3. The number of carbonyl (C=O) groups is 3. The second kappa shape index (κ2) is 8.55. The van der Waals surface area contributed by atoms with E-state index in [2.05, 4.69) is 5.32 Å². The van der Waals surface area contributed by atoms with Crippen molar-refractivity contribution in [1.82, 2.24) is 4.90 Å². The van der Waals surface area contributed by atoms with Gasteiger partial charge in [-0.25, -0.2) is 0 Å².